The summed E-state index contributed by atoms with van der Waals surface area (Å²) >= 11 is 0. The van der Waals surface area contributed by atoms with Crippen LogP contribution in [0.1, 0.15) is 21.7 Å². The molecule has 0 fully saturated rings. The predicted octanol–water partition coefficient (Wildman–Crippen LogP) is 3.48. The molecule has 0 radical (unpaired) electrons. The Morgan fingerprint density at radius 1 is 1.07 bits per heavy atom. The summed E-state index contributed by atoms with van der Waals surface area (Å²) in [5.74, 6) is -1.65. The van der Waals surface area contributed by atoms with E-state index in [1.807, 2.05) is 0 Å². The SMILES string of the molecule is Cc1nn(-c2ccc(F)cc2)c(C)c1C(=O)N(C)CC(=O)Nc1cccc(F)c1. The number of rotatable bonds is 5. The molecular formula is C21H20F2N4O2. The maximum absolute atomic E-state index is 13.2. The number of nitrogens with one attached hydrogen (secondary N) is 1. The molecule has 0 aliphatic heterocycles. The highest BCUT2D eigenvalue weighted by Crippen LogP contribution is 2.20. The smallest absolute Gasteiger partial charge is 0.257 e. The van der Waals surface area contributed by atoms with Crippen molar-refractivity contribution in [3.63, 3.8) is 0 Å². The lowest BCUT2D eigenvalue weighted by molar-refractivity contribution is -0.116. The summed E-state index contributed by atoms with van der Waals surface area (Å²) in [4.78, 5) is 26.4. The molecule has 6 nitrogen and oxygen atoms in total. The lowest BCUT2D eigenvalue weighted by atomic mass is 10.1. The summed E-state index contributed by atoms with van der Waals surface area (Å²) in [5, 5.41) is 6.93. The van der Waals surface area contributed by atoms with E-state index in [2.05, 4.69) is 10.4 Å². The van der Waals surface area contributed by atoms with Gasteiger partial charge in [0, 0.05) is 12.7 Å². The minimum atomic E-state index is -0.466. The van der Waals surface area contributed by atoms with Gasteiger partial charge < -0.3 is 10.2 Å². The van der Waals surface area contributed by atoms with Crippen LogP contribution in [0.15, 0.2) is 48.5 Å². The van der Waals surface area contributed by atoms with Gasteiger partial charge in [-0.2, -0.15) is 5.10 Å². The van der Waals surface area contributed by atoms with E-state index in [9.17, 15) is 18.4 Å². The van der Waals surface area contributed by atoms with E-state index in [1.54, 1.807) is 36.7 Å². The number of nitrogens with zero attached hydrogens (tertiary/aromatic N) is 3. The third kappa shape index (κ3) is 4.48. The second-order valence-corrected chi connectivity index (χ2v) is 6.65. The highest BCUT2D eigenvalue weighted by atomic mass is 19.1. The van der Waals surface area contributed by atoms with Gasteiger partial charge in [0.1, 0.15) is 11.6 Å². The van der Waals surface area contributed by atoms with E-state index in [1.165, 1.54) is 42.3 Å². The fraction of sp³-hybridized carbons (Fsp3) is 0.190. The van der Waals surface area contributed by atoms with Gasteiger partial charge in [0.05, 0.1) is 29.2 Å². The topological polar surface area (TPSA) is 67.2 Å². The summed E-state index contributed by atoms with van der Waals surface area (Å²) in [6, 6.07) is 11.3. The van der Waals surface area contributed by atoms with E-state index in [4.69, 9.17) is 0 Å². The van der Waals surface area contributed by atoms with Crippen molar-refractivity contribution in [2.75, 3.05) is 18.9 Å². The number of carbonyl (C=O) groups excluding carboxylic acids is 2. The van der Waals surface area contributed by atoms with Gasteiger partial charge in [0.15, 0.2) is 0 Å². The van der Waals surface area contributed by atoms with Crippen LogP contribution in [0.5, 0.6) is 0 Å². The number of amides is 2. The number of halogens is 2. The maximum Gasteiger partial charge on any atom is 0.257 e. The average molecular weight is 398 g/mol. The molecule has 1 heterocycles. The fourth-order valence-corrected chi connectivity index (χ4v) is 3.03. The summed E-state index contributed by atoms with van der Waals surface area (Å²) < 4.78 is 28.0. The zero-order chi connectivity index (χ0) is 21.1. The molecule has 8 heteroatoms. The standard InChI is InChI=1S/C21H20F2N4O2/c1-13-20(14(2)27(25-13)18-9-7-15(22)8-10-18)21(29)26(3)12-19(28)24-17-6-4-5-16(23)11-17/h4-11H,12H2,1-3H3,(H,24,28). The average Bonchev–Trinajstić information content (AvgIpc) is 2.96. The van der Waals surface area contributed by atoms with Gasteiger partial charge >= 0.3 is 0 Å². The van der Waals surface area contributed by atoms with Gasteiger partial charge in [-0.25, -0.2) is 13.5 Å². The molecule has 0 unspecified atom stereocenters. The Hall–Kier alpha value is -3.55. The molecule has 2 amide bonds. The van der Waals surface area contributed by atoms with Crippen LogP contribution < -0.4 is 5.32 Å². The zero-order valence-corrected chi connectivity index (χ0v) is 16.2. The minimum Gasteiger partial charge on any atom is -0.332 e. The molecule has 1 aromatic heterocycles. The van der Waals surface area contributed by atoms with Crippen molar-refractivity contribution < 1.29 is 18.4 Å². The summed E-state index contributed by atoms with van der Waals surface area (Å²) in [5.41, 5.74) is 2.38. The molecule has 0 aliphatic carbocycles. The van der Waals surface area contributed by atoms with Crippen molar-refractivity contribution in [2.45, 2.75) is 13.8 Å². The molecule has 0 aliphatic rings. The first-order valence-electron chi connectivity index (χ1n) is 8.89. The lowest BCUT2D eigenvalue weighted by Crippen LogP contribution is -2.35. The number of likely N-dealkylation sites (N-methyl/N-ethyl adjacent to an activating group) is 1. The zero-order valence-electron chi connectivity index (χ0n) is 16.2. The Morgan fingerprint density at radius 2 is 1.76 bits per heavy atom. The highest BCUT2D eigenvalue weighted by Gasteiger charge is 2.23. The molecule has 3 aromatic rings. The summed E-state index contributed by atoms with van der Waals surface area (Å²) in [6.45, 7) is 3.22. The number of hydrogen-bond acceptors (Lipinski definition) is 3. The molecule has 29 heavy (non-hydrogen) atoms. The van der Waals surface area contributed by atoms with Crippen molar-refractivity contribution in [3.8, 4) is 5.69 Å². The van der Waals surface area contributed by atoms with E-state index < -0.39 is 11.7 Å². The monoisotopic (exact) mass is 398 g/mol. The van der Waals surface area contributed by atoms with Gasteiger partial charge in [-0.1, -0.05) is 6.07 Å². The molecule has 2 aromatic carbocycles. The second kappa shape index (κ2) is 8.22. The molecule has 1 N–H and O–H groups in total. The third-order valence-corrected chi connectivity index (χ3v) is 4.41. The number of benzene rings is 2. The first kappa shape index (κ1) is 20.2. The quantitative estimate of drug-likeness (QED) is 0.716. The van der Waals surface area contributed by atoms with E-state index in [0.29, 0.717) is 28.3 Å². The molecule has 0 spiro atoms. The number of aromatic nitrogens is 2. The van der Waals surface area contributed by atoms with Gasteiger partial charge in [-0.3, -0.25) is 9.59 Å². The van der Waals surface area contributed by atoms with Crippen molar-refractivity contribution in [1.29, 1.82) is 0 Å². The fourth-order valence-electron chi connectivity index (χ4n) is 3.03. The normalized spacial score (nSPS) is 10.7. The van der Waals surface area contributed by atoms with E-state index >= 15 is 0 Å². The van der Waals surface area contributed by atoms with Crippen LogP contribution in [0.3, 0.4) is 0 Å². The number of anilines is 1. The van der Waals surface area contributed by atoms with Gasteiger partial charge in [-0.05, 0) is 56.3 Å². The Kier molecular flexibility index (Phi) is 5.72. The lowest BCUT2D eigenvalue weighted by Gasteiger charge is -2.17. The highest BCUT2D eigenvalue weighted by molar-refractivity contribution is 6.00. The molecule has 0 atom stereocenters. The molecule has 150 valence electrons. The predicted molar refractivity (Wildman–Crippen MR) is 105 cm³/mol. The van der Waals surface area contributed by atoms with Crippen LogP contribution in [0, 0.1) is 25.5 Å². The van der Waals surface area contributed by atoms with Gasteiger partial charge in [0.2, 0.25) is 5.91 Å². The second-order valence-electron chi connectivity index (χ2n) is 6.65. The van der Waals surface area contributed by atoms with Crippen LogP contribution in [0.25, 0.3) is 5.69 Å². The molecule has 3 rings (SSSR count). The molecular weight excluding hydrogens is 378 g/mol. The van der Waals surface area contributed by atoms with Crippen LogP contribution >= 0.6 is 0 Å². The van der Waals surface area contributed by atoms with Gasteiger partial charge in [-0.15, -0.1) is 0 Å². The number of hydrogen-bond donors (Lipinski definition) is 1. The van der Waals surface area contributed by atoms with Gasteiger partial charge in [0.25, 0.3) is 5.91 Å². The maximum atomic E-state index is 13.2. The van der Waals surface area contributed by atoms with Crippen LogP contribution in [0.2, 0.25) is 0 Å². The molecule has 0 saturated carbocycles. The van der Waals surface area contributed by atoms with Crippen molar-refractivity contribution >= 4 is 17.5 Å². The van der Waals surface area contributed by atoms with E-state index in [0.717, 1.165) is 0 Å². The number of carbonyl (C=O) groups is 2. The largest absolute Gasteiger partial charge is 0.332 e. The van der Waals surface area contributed by atoms with Crippen LogP contribution in [0.4, 0.5) is 14.5 Å². The Bertz CT molecular complexity index is 1060. The molecule has 0 saturated heterocycles. The Morgan fingerprint density at radius 3 is 2.41 bits per heavy atom. The van der Waals surface area contributed by atoms with Crippen molar-refractivity contribution in [1.82, 2.24) is 14.7 Å². The third-order valence-electron chi connectivity index (χ3n) is 4.41. The van der Waals surface area contributed by atoms with Crippen molar-refractivity contribution in [2.24, 2.45) is 0 Å². The van der Waals surface area contributed by atoms with Crippen LogP contribution in [-0.4, -0.2) is 40.1 Å². The molecule has 0 bridgehead atoms. The Labute approximate surface area is 166 Å². The van der Waals surface area contributed by atoms with E-state index in [-0.39, 0.29) is 18.3 Å². The summed E-state index contributed by atoms with van der Waals surface area (Å²) in [6.07, 6.45) is 0. The number of aryl methyl sites for hydroxylation is 1. The Balaban J connectivity index is 1.75. The summed E-state index contributed by atoms with van der Waals surface area (Å²) in [7, 11) is 1.50. The van der Waals surface area contributed by atoms with Crippen molar-refractivity contribution in [3.05, 3.63) is 77.1 Å². The van der Waals surface area contributed by atoms with Crippen LogP contribution in [-0.2, 0) is 4.79 Å². The minimum absolute atomic E-state index is 0.212. The first-order chi connectivity index (χ1) is 13.8. The first-order valence-corrected chi connectivity index (χ1v) is 8.89.